The zero-order valence-corrected chi connectivity index (χ0v) is 13.5. The predicted molar refractivity (Wildman–Crippen MR) is 84.6 cm³/mol. The number of rotatable bonds is 5. The first kappa shape index (κ1) is 15.6. The van der Waals surface area contributed by atoms with E-state index in [0.717, 1.165) is 12.2 Å². The number of H-pyrrole nitrogens is 1. The predicted octanol–water partition coefficient (Wildman–Crippen LogP) is 2.46. The summed E-state index contributed by atoms with van der Waals surface area (Å²) in [4.78, 5) is 30.5. The second kappa shape index (κ2) is 6.81. The van der Waals surface area contributed by atoms with Crippen LogP contribution in [0.15, 0.2) is 31.2 Å². The van der Waals surface area contributed by atoms with Gasteiger partial charge in [-0.25, -0.2) is 4.98 Å². The van der Waals surface area contributed by atoms with Crippen molar-refractivity contribution in [2.75, 3.05) is 16.8 Å². The maximum atomic E-state index is 12.0. The van der Waals surface area contributed by atoms with Crippen LogP contribution in [0.1, 0.15) is 23.9 Å². The van der Waals surface area contributed by atoms with Crippen LogP contribution in [0.5, 0.6) is 0 Å². The van der Waals surface area contributed by atoms with E-state index in [1.807, 2.05) is 6.92 Å². The highest BCUT2D eigenvalue weighted by atomic mass is 79.9. The molecule has 0 atom stereocenters. The summed E-state index contributed by atoms with van der Waals surface area (Å²) in [6, 6.07) is 3.05. The van der Waals surface area contributed by atoms with Gasteiger partial charge in [-0.2, -0.15) is 0 Å². The van der Waals surface area contributed by atoms with E-state index in [2.05, 4.69) is 31.2 Å². The molecule has 112 valence electrons. The summed E-state index contributed by atoms with van der Waals surface area (Å²) in [6.07, 6.45) is 0.945. The Morgan fingerprint density at radius 1 is 1.57 bits per heavy atom. The van der Waals surface area contributed by atoms with Crippen molar-refractivity contribution in [1.82, 2.24) is 9.97 Å². The average Bonchev–Trinajstić information content (AvgIpc) is 2.87. The summed E-state index contributed by atoms with van der Waals surface area (Å²) in [6.45, 7) is 2.02. The third-order valence-corrected chi connectivity index (χ3v) is 3.91. The van der Waals surface area contributed by atoms with Crippen LogP contribution in [0.3, 0.4) is 0 Å². The summed E-state index contributed by atoms with van der Waals surface area (Å²) >= 11 is 4.49. The number of furan rings is 1. The molecule has 4 N–H and O–H groups in total. The minimum Gasteiger partial charge on any atom is -0.444 e. The van der Waals surface area contributed by atoms with E-state index in [-0.39, 0.29) is 17.3 Å². The van der Waals surface area contributed by atoms with Crippen LogP contribution in [-0.2, 0) is 0 Å². The van der Waals surface area contributed by atoms with Crippen LogP contribution < -0.4 is 16.6 Å². The molecule has 2 heterocycles. The Kier molecular flexibility index (Phi) is 5.07. The van der Waals surface area contributed by atoms with E-state index < -0.39 is 11.5 Å². The molecule has 9 heteroatoms. The normalized spacial score (nSPS) is 10.6. The molecule has 0 saturated carbocycles. The van der Waals surface area contributed by atoms with Crippen LogP contribution in [0.2, 0.25) is 0 Å². The van der Waals surface area contributed by atoms with Crippen LogP contribution in [0, 0.1) is 0 Å². The smallest absolute Gasteiger partial charge is 0.291 e. The molecular formula is C12H13BrN4O3S. The van der Waals surface area contributed by atoms with Gasteiger partial charge in [-0.1, -0.05) is 18.7 Å². The van der Waals surface area contributed by atoms with Crippen molar-refractivity contribution in [2.24, 2.45) is 0 Å². The van der Waals surface area contributed by atoms with Crippen molar-refractivity contribution >= 4 is 45.1 Å². The van der Waals surface area contributed by atoms with Gasteiger partial charge in [0.05, 0.1) is 0 Å². The number of nitrogens with two attached hydrogens (primary N) is 1. The highest BCUT2D eigenvalue weighted by Crippen LogP contribution is 2.19. The second-order valence-corrected chi connectivity index (χ2v) is 5.90. The summed E-state index contributed by atoms with van der Waals surface area (Å²) in [5.74, 6) is 0.268. The molecule has 0 aromatic carbocycles. The number of anilines is 2. The average molecular weight is 373 g/mol. The summed E-state index contributed by atoms with van der Waals surface area (Å²) in [5, 5.41) is 2.83. The lowest BCUT2D eigenvalue weighted by Crippen LogP contribution is -2.22. The van der Waals surface area contributed by atoms with Crippen molar-refractivity contribution in [3.8, 4) is 0 Å². The van der Waals surface area contributed by atoms with Gasteiger partial charge in [0.2, 0.25) is 0 Å². The number of amides is 1. The topological polar surface area (TPSA) is 114 Å². The number of hydrogen-bond donors (Lipinski definition) is 3. The van der Waals surface area contributed by atoms with Crippen LogP contribution in [0.4, 0.5) is 11.5 Å². The number of carbonyl (C=O) groups excluding carboxylic acids is 1. The number of nitrogens with one attached hydrogen (secondary N) is 2. The Morgan fingerprint density at radius 2 is 2.33 bits per heavy atom. The standard InChI is InChI=1S/C12H13BrN4O3S/c1-2-5-21-12-16-9(14)8(11(19)17-12)15-10(18)6-3-4-7(13)20-6/h3-4H,2,5H2,1H3,(H,15,18)(H3,14,16,17,19). The fourth-order valence-corrected chi connectivity index (χ4v) is 2.50. The van der Waals surface area contributed by atoms with Gasteiger partial charge >= 0.3 is 0 Å². The van der Waals surface area contributed by atoms with E-state index in [1.54, 1.807) is 6.07 Å². The molecule has 0 radical (unpaired) electrons. The molecule has 2 rings (SSSR count). The van der Waals surface area contributed by atoms with Crippen molar-refractivity contribution in [3.63, 3.8) is 0 Å². The summed E-state index contributed by atoms with van der Waals surface area (Å²) < 4.78 is 5.52. The fraction of sp³-hybridized carbons (Fsp3) is 0.250. The first-order chi connectivity index (χ1) is 10.0. The number of thioether (sulfide) groups is 1. The van der Waals surface area contributed by atoms with E-state index in [1.165, 1.54) is 17.8 Å². The molecule has 0 saturated heterocycles. The molecule has 0 fully saturated rings. The SMILES string of the molecule is CCCSc1nc(N)c(NC(=O)c2ccc(Br)o2)c(=O)[nH]1. The van der Waals surface area contributed by atoms with Crippen molar-refractivity contribution in [1.29, 1.82) is 0 Å². The molecule has 0 bridgehead atoms. The van der Waals surface area contributed by atoms with Gasteiger partial charge in [-0.15, -0.1) is 0 Å². The monoisotopic (exact) mass is 372 g/mol. The Balaban J connectivity index is 2.20. The van der Waals surface area contributed by atoms with E-state index in [9.17, 15) is 9.59 Å². The molecule has 2 aromatic rings. The maximum absolute atomic E-state index is 12.0. The number of hydrogen-bond acceptors (Lipinski definition) is 6. The van der Waals surface area contributed by atoms with Gasteiger partial charge in [0.15, 0.2) is 27.1 Å². The number of aromatic nitrogens is 2. The van der Waals surface area contributed by atoms with Crippen molar-refractivity contribution in [2.45, 2.75) is 18.5 Å². The molecule has 0 aliphatic rings. The zero-order chi connectivity index (χ0) is 15.4. The summed E-state index contributed by atoms with van der Waals surface area (Å²) in [5.41, 5.74) is 5.14. The number of aromatic amines is 1. The second-order valence-electron chi connectivity index (χ2n) is 4.04. The van der Waals surface area contributed by atoms with E-state index >= 15 is 0 Å². The summed E-state index contributed by atoms with van der Waals surface area (Å²) in [7, 11) is 0. The van der Waals surface area contributed by atoms with Gasteiger partial charge < -0.3 is 15.5 Å². The Hall–Kier alpha value is -1.74. The molecule has 21 heavy (non-hydrogen) atoms. The minimum atomic E-state index is -0.575. The lowest BCUT2D eigenvalue weighted by Gasteiger charge is -2.07. The largest absolute Gasteiger partial charge is 0.444 e. The quantitative estimate of drug-likeness (QED) is 0.548. The lowest BCUT2D eigenvalue weighted by atomic mass is 10.4. The third-order valence-electron chi connectivity index (χ3n) is 2.40. The first-order valence-corrected chi connectivity index (χ1v) is 7.88. The van der Waals surface area contributed by atoms with Crippen molar-refractivity contribution in [3.05, 3.63) is 32.9 Å². The van der Waals surface area contributed by atoms with Gasteiger partial charge in [0, 0.05) is 5.75 Å². The maximum Gasteiger partial charge on any atom is 0.291 e. The van der Waals surface area contributed by atoms with Gasteiger partial charge in [0.25, 0.3) is 11.5 Å². The Bertz CT molecular complexity index is 713. The van der Waals surface area contributed by atoms with Gasteiger partial charge in [-0.05, 0) is 34.5 Å². The molecule has 7 nitrogen and oxygen atoms in total. The van der Waals surface area contributed by atoms with Gasteiger partial charge in [0.1, 0.15) is 0 Å². The molecule has 0 unspecified atom stereocenters. The molecular weight excluding hydrogens is 360 g/mol. The van der Waals surface area contributed by atoms with E-state index in [0.29, 0.717) is 9.83 Å². The minimum absolute atomic E-state index is 0.0312. The van der Waals surface area contributed by atoms with Crippen molar-refractivity contribution < 1.29 is 9.21 Å². The number of nitrogens with zero attached hydrogens (tertiary/aromatic N) is 1. The molecule has 1 amide bonds. The highest BCUT2D eigenvalue weighted by molar-refractivity contribution is 9.10. The van der Waals surface area contributed by atoms with Crippen LogP contribution in [0.25, 0.3) is 0 Å². The number of carbonyl (C=O) groups is 1. The Labute approximate surface area is 132 Å². The number of nitrogen functional groups attached to an aromatic ring is 1. The molecule has 0 aliphatic heterocycles. The molecule has 2 aromatic heterocycles. The van der Waals surface area contributed by atoms with Crippen LogP contribution >= 0.6 is 27.7 Å². The number of halogens is 1. The highest BCUT2D eigenvalue weighted by Gasteiger charge is 2.16. The Morgan fingerprint density at radius 3 is 2.90 bits per heavy atom. The van der Waals surface area contributed by atoms with Crippen LogP contribution in [-0.4, -0.2) is 21.6 Å². The molecule has 0 aliphatic carbocycles. The lowest BCUT2D eigenvalue weighted by molar-refractivity contribution is 0.0995. The van der Waals surface area contributed by atoms with Gasteiger partial charge in [-0.3, -0.25) is 14.6 Å². The first-order valence-electron chi connectivity index (χ1n) is 6.10. The van der Waals surface area contributed by atoms with E-state index in [4.69, 9.17) is 10.2 Å². The fourth-order valence-electron chi connectivity index (χ4n) is 1.47. The zero-order valence-electron chi connectivity index (χ0n) is 11.1. The third kappa shape index (κ3) is 3.88. The molecule has 0 spiro atoms.